The first kappa shape index (κ1) is 16.5. The number of halogens is 1. The monoisotopic (exact) mass is 291 g/mol. The van der Waals surface area contributed by atoms with E-state index in [2.05, 4.69) is 33.0 Å². The summed E-state index contributed by atoms with van der Waals surface area (Å²) in [5, 5.41) is 3.85. The van der Waals surface area contributed by atoms with Crippen molar-refractivity contribution in [3.63, 3.8) is 0 Å². The summed E-state index contributed by atoms with van der Waals surface area (Å²) >= 11 is 0. The molecule has 4 atom stereocenters. The Labute approximate surface area is 129 Å². The molecular weight excluding hydrogens is 261 g/mol. The molecule has 1 N–H and O–H groups in total. The third-order valence-corrected chi connectivity index (χ3v) is 4.98. The van der Waals surface area contributed by atoms with Gasteiger partial charge in [-0.05, 0) is 61.6 Å². The predicted octanol–water partition coefficient (Wildman–Crippen LogP) is 4.81. The standard InChI is InChI=1S/C19H30FN/c1-13(2)18-10-5-14(3)11-19(18)21-15(4)12-16-6-8-17(20)9-7-16/h6-9,13-15,18-19,21H,5,10-12H2,1-4H3. The van der Waals surface area contributed by atoms with Crippen LogP contribution in [0.5, 0.6) is 0 Å². The fourth-order valence-electron chi connectivity index (χ4n) is 3.79. The summed E-state index contributed by atoms with van der Waals surface area (Å²) in [6.07, 6.45) is 4.97. The van der Waals surface area contributed by atoms with Crippen LogP contribution in [-0.4, -0.2) is 12.1 Å². The van der Waals surface area contributed by atoms with Crippen LogP contribution >= 0.6 is 0 Å². The molecule has 1 aromatic rings. The van der Waals surface area contributed by atoms with Crippen molar-refractivity contribution in [3.05, 3.63) is 35.6 Å². The molecule has 0 bridgehead atoms. The number of rotatable bonds is 5. The Morgan fingerprint density at radius 3 is 2.43 bits per heavy atom. The molecule has 0 amide bonds. The maximum Gasteiger partial charge on any atom is 0.123 e. The van der Waals surface area contributed by atoms with Gasteiger partial charge >= 0.3 is 0 Å². The molecule has 0 aliphatic heterocycles. The molecular formula is C19H30FN. The van der Waals surface area contributed by atoms with Crippen LogP contribution in [0.25, 0.3) is 0 Å². The van der Waals surface area contributed by atoms with Gasteiger partial charge in [0.2, 0.25) is 0 Å². The van der Waals surface area contributed by atoms with E-state index in [9.17, 15) is 4.39 Å². The van der Waals surface area contributed by atoms with Crippen LogP contribution in [0.4, 0.5) is 4.39 Å². The molecule has 0 spiro atoms. The van der Waals surface area contributed by atoms with Gasteiger partial charge < -0.3 is 5.32 Å². The molecule has 1 aromatic carbocycles. The highest BCUT2D eigenvalue weighted by atomic mass is 19.1. The molecule has 2 rings (SSSR count). The largest absolute Gasteiger partial charge is 0.311 e. The van der Waals surface area contributed by atoms with Gasteiger partial charge in [-0.15, -0.1) is 0 Å². The zero-order valence-electron chi connectivity index (χ0n) is 13.9. The van der Waals surface area contributed by atoms with Crippen molar-refractivity contribution in [2.24, 2.45) is 17.8 Å². The van der Waals surface area contributed by atoms with Crippen molar-refractivity contribution in [2.75, 3.05) is 0 Å². The molecule has 2 heteroatoms. The lowest BCUT2D eigenvalue weighted by Crippen LogP contribution is -2.47. The van der Waals surface area contributed by atoms with Crippen LogP contribution in [-0.2, 0) is 6.42 Å². The quantitative estimate of drug-likeness (QED) is 0.821. The minimum absolute atomic E-state index is 0.152. The van der Waals surface area contributed by atoms with Gasteiger partial charge in [-0.25, -0.2) is 4.39 Å². The van der Waals surface area contributed by atoms with Gasteiger partial charge in [0, 0.05) is 12.1 Å². The lowest BCUT2D eigenvalue weighted by molar-refractivity contribution is 0.161. The van der Waals surface area contributed by atoms with E-state index in [0.29, 0.717) is 12.1 Å². The normalized spacial score (nSPS) is 27.8. The summed E-state index contributed by atoms with van der Waals surface area (Å²) in [5.74, 6) is 2.21. The van der Waals surface area contributed by atoms with Gasteiger partial charge in [0.1, 0.15) is 5.82 Å². The zero-order chi connectivity index (χ0) is 15.4. The van der Waals surface area contributed by atoms with Crippen molar-refractivity contribution in [1.29, 1.82) is 0 Å². The van der Waals surface area contributed by atoms with Crippen molar-refractivity contribution in [1.82, 2.24) is 5.32 Å². The molecule has 4 unspecified atom stereocenters. The Balaban J connectivity index is 1.93. The lowest BCUT2D eigenvalue weighted by atomic mass is 9.73. The molecule has 1 aliphatic carbocycles. The van der Waals surface area contributed by atoms with E-state index in [1.165, 1.54) is 24.8 Å². The first-order valence-electron chi connectivity index (χ1n) is 8.46. The van der Waals surface area contributed by atoms with Gasteiger partial charge in [0.25, 0.3) is 0 Å². The molecule has 0 aromatic heterocycles. The minimum atomic E-state index is -0.152. The van der Waals surface area contributed by atoms with E-state index in [1.807, 2.05) is 12.1 Å². The Kier molecular flexibility index (Phi) is 5.80. The topological polar surface area (TPSA) is 12.0 Å². The summed E-state index contributed by atoms with van der Waals surface area (Å²) < 4.78 is 13.0. The van der Waals surface area contributed by atoms with E-state index in [1.54, 1.807) is 12.1 Å². The molecule has 1 nitrogen and oxygen atoms in total. The maximum absolute atomic E-state index is 13.0. The fraction of sp³-hybridized carbons (Fsp3) is 0.684. The molecule has 0 radical (unpaired) electrons. The smallest absolute Gasteiger partial charge is 0.123 e. The van der Waals surface area contributed by atoms with E-state index < -0.39 is 0 Å². The minimum Gasteiger partial charge on any atom is -0.311 e. The van der Waals surface area contributed by atoms with Crippen molar-refractivity contribution < 1.29 is 4.39 Å². The van der Waals surface area contributed by atoms with Crippen LogP contribution in [0, 0.1) is 23.6 Å². The fourth-order valence-corrected chi connectivity index (χ4v) is 3.79. The van der Waals surface area contributed by atoms with Crippen LogP contribution in [0.15, 0.2) is 24.3 Å². The third kappa shape index (κ3) is 4.81. The molecule has 0 saturated heterocycles. The summed E-state index contributed by atoms with van der Waals surface area (Å²) in [6, 6.07) is 7.98. The van der Waals surface area contributed by atoms with Gasteiger partial charge in [0.05, 0.1) is 0 Å². The van der Waals surface area contributed by atoms with Crippen molar-refractivity contribution in [3.8, 4) is 0 Å². The Hall–Kier alpha value is -0.890. The second kappa shape index (κ2) is 7.40. The number of hydrogen-bond acceptors (Lipinski definition) is 1. The van der Waals surface area contributed by atoms with Crippen molar-refractivity contribution >= 4 is 0 Å². The van der Waals surface area contributed by atoms with Gasteiger partial charge in [-0.1, -0.05) is 39.3 Å². The summed E-state index contributed by atoms with van der Waals surface area (Å²) in [5.41, 5.74) is 1.21. The molecule has 0 heterocycles. The highest BCUT2D eigenvalue weighted by molar-refractivity contribution is 5.17. The third-order valence-electron chi connectivity index (χ3n) is 4.98. The second-order valence-electron chi connectivity index (χ2n) is 7.33. The molecule has 118 valence electrons. The zero-order valence-corrected chi connectivity index (χ0v) is 13.9. The molecule has 21 heavy (non-hydrogen) atoms. The SMILES string of the molecule is CC1CCC(C(C)C)C(NC(C)Cc2ccc(F)cc2)C1. The van der Waals surface area contributed by atoms with E-state index in [4.69, 9.17) is 0 Å². The van der Waals surface area contributed by atoms with Crippen LogP contribution < -0.4 is 5.32 Å². The predicted molar refractivity (Wildman–Crippen MR) is 87.8 cm³/mol. The van der Waals surface area contributed by atoms with Crippen LogP contribution in [0.3, 0.4) is 0 Å². The summed E-state index contributed by atoms with van der Waals surface area (Å²) in [7, 11) is 0. The first-order chi connectivity index (χ1) is 9.95. The molecule has 1 aliphatic rings. The summed E-state index contributed by atoms with van der Waals surface area (Å²) in [6.45, 7) is 9.32. The average Bonchev–Trinajstić information content (AvgIpc) is 2.41. The molecule has 1 fully saturated rings. The highest BCUT2D eigenvalue weighted by Gasteiger charge is 2.31. The summed E-state index contributed by atoms with van der Waals surface area (Å²) in [4.78, 5) is 0. The maximum atomic E-state index is 13.0. The first-order valence-corrected chi connectivity index (χ1v) is 8.46. The van der Waals surface area contributed by atoms with Crippen molar-refractivity contribution in [2.45, 2.75) is 65.5 Å². The Bertz CT molecular complexity index is 426. The number of hydrogen-bond donors (Lipinski definition) is 1. The van der Waals surface area contributed by atoms with Gasteiger partial charge in [-0.2, -0.15) is 0 Å². The van der Waals surface area contributed by atoms with E-state index in [-0.39, 0.29) is 5.82 Å². The van der Waals surface area contributed by atoms with E-state index >= 15 is 0 Å². The molecule has 1 saturated carbocycles. The second-order valence-corrected chi connectivity index (χ2v) is 7.33. The van der Waals surface area contributed by atoms with Gasteiger partial charge in [-0.3, -0.25) is 0 Å². The van der Waals surface area contributed by atoms with Crippen LogP contribution in [0.2, 0.25) is 0 Å². The van der Waals surface area contributed by atoms with Crippen LogP contribution in [0.1, 0.15) is 52.5 Å². The number of benzene rings is 1. The number of nitrogens with one attached hydrogen (secondary N) is 1. The lowest BCUT2D eigenvalue weighted by Gasteiger charge is -2.39. The average molecular weight is 291 g/mol. The van der Waals surface area contributed by atoms with Gasteiger partial charge in [0.15, 0.2) is 0 Å². The Morgan fingerprint density at radius 1 is 1.14 bits per heavy atom. The van der Waals surface area contributed by atoms with E-state index in [0.717, 1.165) is 24.2 Å². The highest BCUT2D eigenvalue weighted by Crippen LogP contribution is 2.33. The Morgan fingerprint density at radius 2 is 1.81 bits per heavy atom.